The van der Waals surface area contributed by atoms with E-state index < -0.39 is 35.7 Å². The lowest BCUT2D eigenvalue weighted by molar-refractivity contribution is -0.149. The number of benzene rings is 2. The fourth-order valence-corrected chi connectivity index (χ4v) is 3.99. The van der Waals surface area contributed by atoms with E-state index in [1.54, 1.807) is 27.7 Å². The van der Waals surface area contributed by atoms with Crippen molar-refractivity contribution in [1.29, 1.82) is 0 Å². The highest BCUT2D eigenvalue weighted by atomic mass is 16.6. The van der Waals surface area contributed by atoms with Crippen LogP contribution in [0.15, 0.2) is 54.6 Å². The number of likely N-dealkylation sites (tertiary alicyclic amines) is 1. The summed E-state index contributed by atoms with van der Waals surface area (Å²) >= 11 is 0. The molecule has 0 aromatic heterocycles. The van der Waals surface area contributed by atoms with E-state index in [1.807, 2.05) is 55.5 Å². The van der Waals surface area contributed by atoms with Crippen molar-refractivity contribution >= 4 is 18.0 Å². The van der Waals surface area contributed by atoms with Crippen molar-refractivity contribution in [3.05, 3.63) is 71.3 Å². The Balaban J connectivity index is 1.69. The Morgan fingerprint density at radius 3 is 2.44 bits per heavy atom. The molecule has 2 aromatic rings. The number of nitrogens with one attached hydrogen (secondary N) is 1. The van der Waals surface area contributed by atoms with Gasteiger partial charge >= 0.3 is 12.1 Å². The summed E-state index contributed by atoms with van der Waals surface area (Å²) in [6.07, 6.45) is -0.0950. The molecule has 0 unspecified atom stereocenters. The third kappa shape index (κ3) is 6.83. The van der Waals surface area contributed by atoms with Crippen LogP contribution in [0.1, 0.15) is 56.7 Å². The number of carbonyl (C=O) groups is 3. The van der Waals surface area contributed by atoms with E-state index in [-0.39, 0.29) is 12.5 Å². The van der Waals surface area contributed by atoms with Crippen molar-refractivity contribution in [3.63, 3.8) is 0 Å². The van der Waals surface area contributed by atoms with Gasteiger partial charge in [0.2, 0.25) is 5.91 Å². The third-order valence-electron chi connectivity index (χ3n) is 5.68. The zero-order chi connectivity index (χ0) is 24.9. The quantitative estimate of drug-likeness (QED) is 0.641. The van der Waals surface area contributed by atoms with Crippen molar-refractivity contribution in [3.8, 4) is 0 Å². The van der Waals surface area contributed by atoms with Gasteiger partial charge in [-0.2, -0.15) is 0 Å². The van der Waals surface area contributed by atoms with Gasteiger partial charge in [-0.15, -0.1) is 0 Å². The molecule has 7 heteroatoms. The predicted molar refractivity (Wildman–Crippen MR) is 129 cm³/mol. The molecule has 0 saturated carbocycles. The van der Waals surface area contributed by atoms with Gasteiger partial charge in [-0.3, -0.25) is 9.69 Å². The topological polar surface area (TPSA) is 84.9 Å². The number of amides is 2. The van der Waals surface area contributed by atoms with Crippen molar-refractivity contribution in [2.24, 2.45) is 0 Å². The van der Waals surface area contributed by atoms with Crippen LogP contribution in [0, 0.1) is 6.92 Å². The van der Waals surface area contributed by atoms with Crippen LogP contribution < -0.4 is 5.32 Å². The summed E-state index contributed by atoms with van der Waals surface area (Å²) in [4.78, 5) is 40.0. The molecule has 1 heterocycles. The molecule has 1 fully saturated rings. The largest absolute Gasteiger partial charge is 0.459 e. The molecule has 7 nitrogen and oxygen atoms in total. The number of aryl methyl sites for hydroxylation is 1. The number of carbonyl (C=O) groups excluding carboxylic acids is 3. The molecule has 0 radical (unpaired) electrons. The van der Waals surface area contributed by atoms with Crippen LogP contribution in [0.4, 0.5) is 4.79 Å². The van der Waals surface area contributed by atoms with Crippen LogP contribution in [0.2, 0.25) is 0 Å². The molecule has 1 aliphatic heterocycles. The van der Waals surface area contributed by atoms with Crippen LogP contribution in [0.3, 0.4) is 0 Å². The van der Waals surface area contributed by atoms with Crippen LogP contribution in [0.5, 0.6) is 0 Å². The van der Waals surface area contributed by atoms with Crippen molar-refractivity contribution < 1.29 is 23.9 Å². The van der Waals surface area contributed by atoms with E-state index in [9.17, 15) is 14.4 Å². The fraction of sp³-hybridized carbons (Fsp3) is 0.444. The fourth-order valence-electron chi connectivity index (χ4n) is 3.99. The average molecular weight is 467 g/mol. The Morgan fingerprint density at radius 2 is 1.79 bits per heavy atom. The Kier molecular flexibility index (Phi) is 7.97. The summed E-state index contributed by atoms with van der Waals surface area (Å²) < 4.78 is 10.9. The molecule has 0 aliphatic carbocycles. The van der Waals surface area contributed by atoms with E-state index in [2.05, 4.69) is 11.4 Å². The summed E-state index contributed by atoms with van der Waals surface area (Å²) in [6.45, 7) is 9.45. The van der Waals surface area contributed by atoms with Gasteiger partial charge < -0.3 is 14.8 Å². The maximum atomic E-state index is 13.2. The molecular formula is C27H34N2O5. The highest BCUT2D eigenvalue weighted by molar-refractivity contribution is 5.90. The Bertz CT molecular complexity index is 1020. The van der Waals surface area contributed by atoms with Gasteiger partial charge in [-0.05, 0) is 52.2 Å². The van der Waals surface area contributed by atoms with Gasteiger partial charge in [0, 0.05) is 12.5 Å². The maximum Gasteiger partial charge on any atom is 0.410 e. The van der Waals surface area contributed by atoms with Gasteiger partial charge in [0.15, 0.2) is 0 Å². The standard InChI is InChI=1S/C27H34N2O5/c1-18-10-9-13-21(14-18)22-15-23(29(16-22)26(32)34-27(3,4)5)24(30)28-19(2)25(31)33-17-20-11-7-6-8-12-20/h6-14,19,22-23H,15-17H2,1-5H3,(H,28,30)/t19-,22+,23+/m0/s1. The zero-order valence-corrected chi connectivity index (χ0v) is 20.5. The molecular weight excluding hydrogens is 432 g/mol. The monoisotopic (exact) mass is 466 g/mol. The second-order valence-electron chi connectivity index (χ2n) is 9.82. The van der Waals surface area contributed by atoms with E-state index >= 15 is 0 Å². The molecule has 1 saturated heterocycles. The lowest BCUT2D eigenvalue weighted by atomic mass is 9.95. The summed E-state index contributed by atoms with van der Waals surface area (Å²) in [7, 11) is 0. The second-order valence-corrected chi connectivity index (χ2v) is 9.82. The van der Waals surface area contributed by atoms with Crippen molar-refractivity contribution in [2.45, 2.75) is 71.2 Å². The lowest BCUT2D eigenvalue weighted by Gasteiger charge is -2.28. The molecule has 1 aliphatic rings. The number of esters is 1. The number of nitrogens with zero attached hydrogens (tertiary/aromatic N) is 1. The first kappa shape index (κ1) is 25.3. The first-order chi connectivity index (χ1) is 16.0. The van der Waals surface area contributed by atoms with E-state index in [0.717, 1.165) is 16.7 Å². The predicted octanol–water partition coefficient (Wildman–Crippen LogP) is 4.34. The minimum absolute atomic E-state index is 0.0106. The number of hydrogen-bond donors (Lipinski definition) is 1. The van der Waals surface area contributed by atoms with Gasteiger partial charge in [-0.1, -0.05) is 60.2 Å². The molecule has 0 bridgehead atoms. The summed E-state index contributed by atoms with van der Waals surface area (Å²) in [5.41, 5.74) is 2.36. The Morgan fingerprint density at radius 1 is 1.09 bits per heavy atom. The Labute approximate surface area is 201 Å². The number of hydrogen-bond acceptors (Lipinski definition) is 5. The average Bonchev–Trinajstić information content (AvgIpc) is 3.23. The minimum atomic E-state index is -0.852. The highest BCUT2D eigenvalue weighted by Crippen LogP contribution is 2.33. The number of ether oxygens (including phenoxy) is 2. The summed E-state index contributed by atoms with van der Waals surface area (Å²) in [5, 5.41) is 2.73. The van der Waals surface area contributed by atoms with Crippen LogP contribution in [0.25, 0.3) is 0 Å². The van der Waals surface area contributed by atoms with Crippen molar-refractivity contribution in [2.75, 3.05) is 6.54 Å². The maximum absolute atomic E-state index is 13.2. The lowest BCUT2D eigenvalue weighted by Crippen LogP contribution is -2.51. The molecule has 2 amide bonds. The minimum Gasteiger partial charge on any atom is -0.459 e. The van der Waals surface area contributed by atoms with Gasteiger partial charge in [0.25, 0.3) is 0 Å². The first-order valence-electron chi connectivity index (χ1n) is 11.6. The second kappa shape index (κ2) is 10.7. The van der Waals surface area contributed by atoms with E-state index in [1.165, 1.54) is 4.90 Å². The molecule has 0 spiro atoms. The molecule has 182 valence electrons. The third-order valence-corrected chi connectivity index (χ3v) is 5.68. The first-order valence-corrected chi connectivity index (χ1v) is 11.6. The van der Waals surface area contributed by atoms with Crippen LogP contribution >= 0.6 is 0 Å². The van der Waals surface area contributed by atoms with Crippen molar-refractivity contribution in [1.82, 2.24) is 10.2 Å². The molecule has 2 aromatic carbocycles. The molecule has 3 rings (SSSR count). The van der Waals surface area contributed by atoms with E-state index in [0.29, 0.717) is 13.0 Å². The smallest absolute Gasteiger partial charge is 0.410 e. The van der Waals surface area contributed by atoms with Gasteiger partial charge in [0.05, 0.1) is 0 Å². The number of rotatable bonds is 6. The SMILES string of the molecule is Cc1cccc([C@@H]2C[C@H](C(=O)N[C@@H](C)C(=O)OCc3ccccc3)N(C(=O)OC(C)(C)C)C2)c1. The summed E-state index contributed by atoms with van der Waals surface area (Å²) in [5.74, 6) is -0.942. The Hall–Kier alpha value is -3.35. The molecule has 3 atom stereocenters. The van der Waals surface area contributed by atoms with E-state index in [4.69, 9.17) is 9.47 Å². The molecule has 34 heavy (non-hydrogen) atoms. The normalized spacial score (nSPS) is 18.8. The van der Waals surface area contributed by atoms with Gasteiger partial charge in [0.1, 0.15) is 24.3 Å². The molecule has 1 N–H and O–H groups in total. The zero-order valence-electron chi connectivity index (χ0n) is 20.5. The van der Waals surface area contributed by atoms with Gasteiger partial charge in [-0.25, -0.2) is 9.59 Å². The van der Waals surface area contributed by atoms with Crippen LogP contribution in [-0.2, 0) is 25.7 Å². The summed E-state index contributed by atoms with van der Waals surface area (Å²) in [6, 6.07) is 15.8. The van der Waals surface area contributed by atoms with Crippen LogP contribution in [-0.4, -0.2) is 47.1 Å². The highest BCUT2D eigenvalue weighted by Gasteiger charge is 2.42.